The van der Waals surface area contributed by atoms with Gasteiger partial charge in [-0.05, 0) is 24.3 Å². The van der Waals surface area contributed by atoms with Gasteiger partial charge < -0.3 is 10.6 Å². The highest BCUT2D eigenvalue weighted by Gasteiger charge is 1.84. The molecular weight excluding hydrogens is 196 g/mol. The number of para-hydroxylation sites is 2. The van der Waals surface area contributed by atoms with E-state index in [1.54, 1.807) is 0 Å². The zero-order valence-corrected chi connectivity index (χ0v) is 8.93. The average Bonchev–Trinajstić information content (AvgIpc) is 2.37. The van der Waals surface area contributed by atoms with Crippen molar-refractivity contribution < 1.29 is 0 Å². The van der Waals surface area contributed by atoms with Crippen molar-refractivity contribution in [3.8, 4) is 0 Å². The van der Waals surface area contributed by atoms with Gasteiger partial charge in [-0.15, -0.1) is 0 Å². The molecule has 2 rings (SSSR count). The molecule has 0 bridgehead atoms. The van der Waals surface area contributed by atoms with Crippen molar-refractivity contribution in [3.05, 3.63) is 73.1 Å². The first-order valence-corrected chi connectivity index (χ1v) is 5.23. The van der Waals surface area contributed by atoms with Crippen molar-refractivity contribution >= 4 is 11.4 Å². The summed E-state index contributed by atoms with van der Waals surface area (Å²) in [7, 11) is 0. The first kappa shape index (κ1) is 10.3. The molecular formula is C14H14N2. The first-order chi connectivity index (χ1) is 7.95. The molecule has 0 aliphatic rings. The van der Waals surface area contributed by atoms with Gasteiger partial charge in [-0.3, -0.25) is 0 Å². The van der Waals surface area contributed by atoms with Crippen LogP contribution in [0.4, 0.5) is 11.4 Å². The van der Waals surface area contributed by atoms with Crippen LogP contribution in [0.15, 0.2) is 73.1 Å². The minimum Gasteiger partial charge on any atom is -0.360 e. The van der Waals surface area contributed by atoms with Crippen LogP contribution in [0.5, 0.6) is 0 Å². The van der Waals surface area contributed by atoms with Crippen LogP contribution in [-0.2, 0) is 0 Å². The topological polar surface area (TPSA) is 24.1 Å². The summed E-state index contributed by atoms with van der Waals surface area (Å²) in [6.45, 7) is 0. The van der Waals surface area contributed by atoms with Crippen molar-refractivity contribution in [1.29, 1.82) is 0 Å². The molecule has 0 saturated heterocycles. The van der Waals surface area contributed by atoms with E-state index in [2.05, 4.69) is 10.6 Å². The van der Waals surface area contributed by atoms with Crippen LogP contribution in [0.3, 0.4) is 0 Å². The zero-order chi connectivity index (χ0) is 11.1. The highest BCUT2D eigenvalue weighted by Crippen LogP contribution is 2.06. The van der Waals surface area contributed by atoms with Gasteiger partial charge in [-0.1, -0.05) is 36.4 Å². The van der Waals surface area contributed by atoms with Crippen LogP contribution in [0.2, 0.25) is 0 Å². The molecule has 2 aromatic rings. The third-order valence-electron chi connectivity index (χ3n) is 2.13. The Kier molecular flexibility index (Phi) is 3.61. The molecule has 0 spiro atoms. The van der Waals surface area contributed by atoms with Gasteiger partial charge >= 0.3 is 0 Å². The molecule has 0 fully saturated rings. The van der Waals surface area contributed by atoms with Crippen molar-refractivity contribution in [2.75, 3.05) is 10.6 Å². The van der Waals surface area contributed by atoms with E-state index in [9.17, 15) is 0 Å². The van der Waals surface area contributed by atoms with Crippen molar-refractivity contribution in [3.63, 3.8) is 0 Å². The summed E-state index contributed by atoms with van der Waals surface area (Å²) >= 11 is 0. The molecule has 2 aromatic carbocycles. The maximum absolute atomic E-state index is 3.17. The lowest BCUT2D eigenvalue weighted by Crippen LogP contribution is -1.91. The lowest BCUT2D eigenvalue weighted by atomic mass is 10.3. The molecule has 0 unspecified atom stereocenters. The molecule has 0 saturated carbocycles. The molecule has 0 aliphatic carbocycles. The molecule has 0 radical (unpaired) electrons. The fourth-order valence-electron chi connectivity index (χ4n) is 1.34. The molecule has 0 amide bonds. The summed E-state index contributed by atoms with van der Waals surface area (Å²) in [4.78, 5) is 0. The van der Waals surface area contributed by atoms with Crippen molar-refractivity contribution in [2.45, 2.75) is 0 Å². The summed E-state index contributed by atoms with van der Waals surface area (Å²) in [6.07, 6.45) is 3.75. The van der Waals surface area contributed by atoms with Crippen LogP contribution in [-0.4, -0.2) is 0 Å². The lowest BCUT2D eigenvalue weighted by molar-refractivity contribution is 1.53. The van der Waals surface area contributed by atoms with Gasteiger partial charge in [-0.25, -0.2) is 0 Å². The van der Waals surface area contributed by atoms with E-state index in [-0.39, 0.29) is 0 Å². The Labute approximate surface area is 95.6 Å². The highest BCUT2D eigenvalue weighted by molar-refractivity contribution is 5.48. The second kappa shape index (κ2) is 5.61. The van der Waals surface area contributed by atoms with Gasteiger partial charge in [-0.2, -0.15) is 0 Å². The fraction of sp³-hybridized carbons (Fsp3) is 0. The molecule has 2 heteroatoms. The lowest BCUT2D eigenvalue weighted by Gasteiger charge is -2.01. The van der Waals surface area contributed by atoms with E-state index in [1.165, 1.54) is 0 Å². The smallest absolute Gasteiger partial charge is 0.0380 e. The molecule has 2 nitrogen and oxygen atoms in total. The van der Waals surface area contributed by atoms with Crippen LogP contribution in [0.25, 0.3) is 0 Å². The quantitative estimate of drug-likeness (QED) is 0.804. The van der Waals surface area contributed by atoms with E-state index in [0.29, 0.717) is 0 Å². The Morgan fingerprint density at radius 3 is 1.31 bits per heavy atom. The summed E-state index contributed by atoms with van der Waals surface area (Å²) in [5.41, 5.74) is 2.15. The molecule has 0 aromatic heterocycles. The number of rotatable bonds is 4. The number of hydrogen-bond donors (Lipinski definition) is 2. The van der Waals surface area contributed by atoms with Gasteiger partial charge in [0.05, 0.1) is 0 Å². The predicted molar refractivity (Wildman–Crippen MR) is 69.3 cm³/mol. The Bertz CT molecular complexity index is 391. The maximum atomic E-state index is 3.17. The van der Waals surface area contributed by atoms with E-state index < -0.39 is 0 Å². The molecule has 16 heavy (non-hydrogen) atoms. The zero-order valence-electron chi connectivity index (χ0n) is 8.93. The average molecular weight is 210 g/mol. The summed E-state index contributed by atoms with van der Waals surface area (Å²) in [6, 6.07) is 20.1. The Morgan fingerprint density at radius 2 is 0.938 bits per heavy atom. The maximum Gasteiger partial charge on any atom is 0.0380 e. The summed E-state index contributed by atoms with van der Waals surface area (Å²) in [5.74, 6) is 0. The standard InChI is InChI=1S/C14H14N2/c1-3-7-13(8-4-1)15-11-12-16-14-9-5-2-6-10-14/h1-12,15-16H/b12-11-. The minimum atomic E-state index is 1.08. The molecule has 0 heterocycles. The summed E-state index contributed by atoms with van der Waals surface area (Å²) < 4.78 is 0. The summed E-state index contributed by atoms with van der Waals surface area (Å²) in [5, 5.41) is 6.34. The second-order valence-electron chi connectivity index (χ2n) is 3.35. The molecule has 0 atom stereocenters. The Hall–Kier alpha value is -2.22. The number of hydrogen-bond acceptors (Lipinski definition) is 2. The van der Waals surface area contributed by atoms with Crippen molar-refractivity contribution in [2.24, 2.45) is 0 Å². The molecule has 0 aliphatic heterocycles. The van der Waals surface area contributed by atoms with Gasteiger partial charge in [0.1, 0.15) is 0 Å². The number of nitrogens with one attached hydrogen (secondary N) is 2. The van der Waals surface area contributed by atoms with E-state index in [4.69, 9.17) is 0 Å². The van der Waals surface area contributed by atoms with E-state index in [0.717, 1.165) is 11.4 Å². The Morgan fingerprint density at radius 1 is 0.562 bits per heavy atom. The van der Waals surface area contributed by atoms with Gasteiger partial charge in [0.25, 0.3) is 0 Å². The number of benzene rings is 2. The van der Waals surface area contributed by atoms with Crippen molar-refractivity contribution in [1.82, 2.24) is 0 Å². The number of anilines is 2. The fourth-order valence-corrected chi connectivity index (χ4v) is 1.34. The second-order valence-corrected chi connectivity index (χ2v) is 3.35. The van der Waals surface area contributed by atoms with Crippen LogP contribution in [0, 0.1) is 0 Å². The Balaban J connectivity index is 1.83. The third kappa shape index (κ3) is 3.17. The third-order valence-corrected chi connectivity index (χ3v) is 2.13. The monoisotopic (exact) mass is 210 g/mol. The van der Waals surface area contributed by atoms with Crippen LogP contribution < -0.4 is 10.6 Å². The van der Waals surface area contributed by atoms with Gasteiger partial charge in [0.15, 0.2) is 0 Å². The molecule has 80 valence electrons. The highest BCUT2D eigenvalue weighted by atomic mass is 14.9. The predicted octanol–water partition coefficient (Wildman–Crippen LogP) is 3.68. The SMILES string of the molecule is C(=C/Nc1ccccc1)/Nc1ccccc1. The van der Waals surface area contributed by atoms with Crippen LogP contribution >= 0.6 is 0 Å². The van der Waals surface area contributed by atoms with Gasteiger partial charge in [0.2, 0.25) is 0 Å². The largest absolute Gasteiger partial charge is 0.360 e. The normalized spacial score (nSPS) is 10.2. The minimum absolute atomic E-state index is 1.08. The van der Waals surface area contributed by atoms with Gasteiger partial charge in [0, 0.05) is 23.8 Å². The van der Waals surface area contributed by atoms with E-state index in [1.807, 2.05) is 73.1 Å². The van der Waals surface area contributed by atoms with Crippen LogP contribution in [0.1, 0.15) is 0 Å². The first-order valence-electron chi connectivity index (χ1n) is 5.23. The molecule has 2 N–H and O–H groups in total. The van der Waals surface area contributed by atoms with E-state index >= 15 is 0 Å².